The first-order chi connectivity index (χ1) is 6.40. The fraction of sp³-hybridized carbons (Fsp3) is 0. The number of aldehydes is 1. The molecule has 0 saturated heterocycles. The molecule has 3 heteroatoms. The summed E-state index contributed by atoms with van der Waals surface area (Å²) in [5.41, 5.74) is 1.45. The van der Waals surface area contributed by atoms with Gasteiger partial charge in [-0.25, -0.2) is 0 Å². The largest absolute Gasteiger partial charge is 0.352 e. The molecule has 0 amide bonds. The fourth-order valence-electron chi connectivity index (χ4n) is 1.03. The highest BCUT2D eigenvalue weighted by Crippen LogP contribution is 2.16. The maximum absolute atomic E-state index is 10.3. The van der Waals surface area contributed by atoms with E-state index in [1.807, 2.05) is 30.3 Å². The third-order valence-electron chi connectivity index (χ3n) is 1.63. The molecule has 0 unspecified atom stereocenters. The Kier molecular flexibility index (Phi) is 1.92. The van der Waals surface area contributed by atoms with E-state index in [-0.39, 0.29) is 5.76 Å². The fourth-order valence-corrected chi connectivity index (χ4v) is 1.03. The number of carbonyl (C=O) groups excluding carboxylic acids is 1. The zero-order valence-electron chi connectivity index (χ0n) is 6.73. The Morgan fingerprint density at radius 1 is 1.31 bits per heavy atom. The molecule has 63 valence electrons. The van der Waals surface area contributed by atoms with Gasteiger partial charge in [-0.15, -0.1) is 0 Å². The molecule has 13 heavy (non-hydrogen) atoms. The van der Waals surface area contributed by atoms with Crippen molar-refractivity contribution in [1.29, 1.82) is 0 Å². The lowest BCUT2D eigenvalue weighted by atomic mass is 10.1. The Bertz CT molecular complexity index is 406. The minimum atomic E-state index is 0.124. The van der Waals surface area contributed by atoms with Gasteiger partial charge in [-0.1, -0.05) is 35.5 Å². The lowest BCUT2D eigenvalue weighted by molar-refractivity contribution is 0.109. The van der Waals surface area contributed by atoms with Crippen molar-refractivity contribution in [3.05, 3.63) is 42.2 Å². The molecule has 3 nitrogen and oxygen atoms in total. The van der Waals surface area contributed by atoms with Crippen molar-refractivity contribution in [2.24, 2.45) is 0 Å². The van der Waals surface area contributed by atoms with Crippen LogP contribution in [0.5, 0.6) is 0 Å². The molecule has 0 bridgehead atoms. The van der Waals surface area contributed by atoms with Gasteiger partial charge in [0.2, 0.25) is 5.76 Å². The third-order valence-corrected chi connectivity index (χ3v) is 1.63. The lowest BCUT2D eigenvalue weighted by Crippen LogP contribution is -1.74. The molecular formula is C10H6NO2. The van der Waals surface area contributed by atoms with Crippen LogP contribution in [0.1, 0.15) is 10.6 Å². The highest BCUT2D eigenvalue weighted by atomic mass is 16.5. The molecule has 0 saturated carbocycles. The number of hydrogen-bond acceptors (Lipinski definition) is 3. The highest BCUT2D eigenvalue weighted by molar-refractivity contribution is 5.73. The topological polar surface area (TPSA) is 43.1 Å². The standard InChI is InChI=1S/C10H6NO2/c12-7-9-6-10(11-13-9)8-4-2-1-3-5-8/h1-5,7H. The average molecular weight is 172 g/mol. The van der Waals surface area contributed by atoms with Crippen molar-refractivity contribution in [3.63, 3.8) is 0 Å². The van der Waals surface area contributed by atoms with Crippen LogP contribution in [-0.4, -0.2) is 11.4 Å². The Morgan fingerprint density at radius 3 is 2.69 bits per heavy atom. The van der Waals surface area contributed by atoms with Crippen molar-refractivity contribution < 1.29 is 9.32 Å². The van der Waals surface area contributed by atoms with E-state index in [1.54, 1.807) is 0 Å². The van der Waals surface area contributed by atoms with Gasteiger partial charge in [0.05, 0.1) is 6.07 Å². The summed E-state index contributed by atoms with van der Waals surface area (Å²) < 4.78 is 4.69. The maximum Gasteiger partial charge on any atom is 0.207 e. The molecule has 0 fully saturated rings. The van der Waals surface area contributed by atoms with Gasteiger partial charge in [0.15, 0.2) is 6.29 Å². The van der Waals surface area contributed by atoms with Crippen molar-refractivity contribution in [2.75, 3.05) is 0 Å². The second-order valence-electron chi connectivity index (χ2n) is 2.50. The van der Waals surface area contributed by atoms with E-state index in [9.17, 15) is 4.79 Å². The molecule has 0 aliphatic heterocycles. The van der Waals surface area contributed by atoms with Gasteiger partial charge in [-0.05, 0) is 0 Å². The first-order valence-electron chi connectivity index (χ1n) is 3.80. The summed E-state index contributed by atoms with van der Waals surface area (Å²) in [4.78, 5) is 10.3. The van der Waals surface area contributed by atoms with Crippen LogP contribution in [0.2, 0.25) is 0 Å². The van der Waals surface area contributed by atoms with Gasteiger partial charge >= 0.3 is 0 Å². The van der Waals surface area contributed by atoms with Gasteiger partial charge in [0, 0.05) is 5.56 Å². The van der Waals surface area contributed by atoms with Crippen LogP contribution < -0.4 is 0 Å². The van der Waals surface area contributed by atoms with Crippen molar-refractivity contribution in [1.82, 2.24) is 5.16 Å². The van der Waals surface area contributed by atoms with E-state index < -0.39 is 0 Å². The monoisotopic (exact) mass is 172 g/mol. The zero-order valence-corrected chi connectivity index (χ0v) is 6.73. The predicted octanol–water partition coefficient (Wildman–Crippen LogP) is 1.95. The molecule has 0 spiro atoms. The Morgan fingerprint density at radius 2 is 2.08 bits per heavy atom. The second kappa shape index (κ2) is 3.23. The third kappa shape index (κ3) is 1.49. The van der Waals surface area contributed by atoms with Crippen LogP contribution in [0, 0.1) is 6.07 Å². The van der Waals surface area contributed by atoms with Gasteiger partial charge in [0.1, 0.15) is 5.69 Å². The molecule has 0 N–H and O–H groups in total. The molecule has 1 radical (unpaired) electrons. The van der Waals surface area contributed by atoms with Crippen LogP contribution in [0.25, 0.3) is 11.3 Å². The van der Waals surface area contributed by atoms with E-state index in [2.05, 4.69) is 11.2 Å². The Hall–Kier alpha value is -1.90. The van der Waals surface area contributed by atoms with Crippen LogP contribution in [0.4, 0.5) is 0 Å². The van der Waals surface area contributed by atoms with Crippen LogP contribution in [0.15, 0.2) is 34.9 Å². The summed E-state index contributed by atoms with van der Waals surface area (Å²) in [6, 6.07) is 12.2. The van der Waals surface area contributed by atoms with Crippen molar-refractivity contribution >= 4 is 6.29 Å². The molecule has 1 aromatic heterocycles. The summed E-state index contributed by atoms with van der Waals surface area (Å²) in [6.07, 6.45) is 0.583. The van der Waals surface area contributed by atoms with Gasteiger partial charge in [-0.2, -0.15) is 0 Å². The van der Waals surface area contributed by atoms with Gasteiger partial charge < -0.3 is 4.52 Å². The molecule has 0 aliphatic carbocycles. The van der Waals surface area contributed by atoms with Gasteiger partial charge in [-0.3, -0.25) is 4.79 Å². The number of hydrogen-bond donors (Lipinski definition) is 0. The van der Waals surface area contributed by atoms with Crippen molar-refractivity contribution in [2.45, 2.75) is 0 Å². The van der Waals surface area contributed by atoms with Crippen LogP contribution in [-0.2, 0) is 0 Å². The van der Waals surface area contributed by atoms with E-state index in [4.69, 9.17) is 4.52 Å². The summed E-state index contributed by atoms with van der Waals surface area (Å²) >= 11 is 0. The lowest BCUT2D eigenvalue weighted by Gasteiger charge is -1.90. The first kappa shape index (κ1) is 7.73. The Balaban J connectivity index is 2.41. The summed E-state index contributed by atoms with van der Waals surface area (Å²) in [6.45, 7) is 0. The molecule has 2 aromatic rings. The number of benzene rings is 1. The Labute approximate surface area is 75.0 Å². The minimum absolute atomic E-state index is 0.124. The van der Waals surface area contributed by atoms with Gasteiger partial charge in [0.25, 0.3) is 0 Å². The number of aromatic nitrogens is 1. The first-order valence-corrected chi connectivity index (χ1v) is 3.80. The normalized spacial score (nSPS) is 9.85. The van der Waals surface area contributed by atoms with Crippen LogP contribution >= 0.6 is 0 Å². The molecule has 0 atom stereocenters. The molecule has 1 aromatic carbocycles. The number of nitrogens with zero attached hydrogens (tertiary/aromatic N) is 1. The number of carbonyl (C=O) groups is 1. The summed E-state index contributed by atoms with van der Waals surface area (Å²) in [5, 5.41) is 3.70. The minimum Gasteiger partial charge on any atom is -0.352 e. The average Bonchev–Trinajstić information content (AvgIpc) is 2.67. The molecule has 0 aliphatic rings. The smallest absolute Gasteiger partial charge is 0.207 e. The molecular weight excluding hydrogens is 166 g/mol. The second-order valence-corrected chi connectivity index (χ2v) is 2.50. The summed E-state index contributed by atoms with van der Waals surface area (Å²) in [7, 11) is 0. The molecule has 1 heterocycles. The summed E-state index contributed by atoms with van der Waals surface area (Å²) in [5.74, 6) is 0.124. The SMILES string of the molecule is O=Cc1[c]c(-c2ccccc2)no1. The maximum atomic E-state index is 10.3. The highest BCUT2D eigenvalue weighted by Gasteiger charge is 2.04. The zero-order chi connectivity index (χ0) is 9.10. The van der Waals surface area contributed by atoms with E-state index in [1.165, 1.54) is 0 Å². The predicted molar refractivity (Wildman–Crippen MR) is 46.2 cm³/mol. The number of rotatable bonds is 2. The van der Waals surface area contributed by atoms with E-state index >= 15 is 0 Å². The quantitative estimate of drug-likeness (QED) is 0.650. The van der Waals surface area contributed by atoms with E-state index in [0.717, 1.165) is 5.56 Å². The molecule has 2 rings (SSSR count). The van der Waals surface area contributed by atoms with Crippen LogP contribution in [0.3, 0.4) is 0 Å². The van der Waals surface area contributed by atoms with Crippen molar-refractivity contribution in [3.8, 4) is 11.3 Å². The van der Waals surface area contributed by atoms with E-state index in [0.29, 0.717) is 12.0 Å².